The Balaban J connectivity index is 1.44. The summed E-state index contributed by atoms with van der Waals surface area (Å²) in [5.74, 6) is -1.81. The molecule has 5 N–H and O–H groups in total. The fraction of sp³-hybridized carbons (Fsp3) is 0.261. The number of fused-ring (bicyclic) bond motifs is 1. The molecule has 1 aromatic heterocycles. The van der Waals surface area contributed by atoms with Gasteiger partial charge in [-0.15, -0.1) is 0 Å². The molecule has 9 nitrogen and oxygen atoms in total. The summed E-state index contributed by atoms with van der Waals surface area (Å²) in [5, 5.41) is 25.2. The van der Waals surface area contributed by atoms with Crippen molar-refractivity contribution >= 4 is 28.9 Å². The number of ether oxygens (including phenoxy) is 1. The van der Waals surface area contributed by atoms with Crippen LogP contribution in [0.15, 0.2) is 60.8 Å². The fourth-order valence-electron chi connectivity index (χ4n) is 3.24. The predicted octanol–water partition coefficient (Wildman–Crippen LogP) is 1.96. The lowest BCUT2D eigenvalue weighted by molar-refractivity contribution is -0.142. The molecule has 2 aromatic carbocycles. The average molecular weight is 439 g/mol. The average Bonchev–Trinajstić information content (AvgIpc) is 3.19. The maximum atomic E-state index is 12.2. The molecule has 0 fully saturated rings. The Labute approximate surface area is 184 Å². The van der Waals surface area contributed by atoms with Gasteiger partial charge in [-0.3, -0.25) is 4.79 Å². The highest BCUT2D eigenvalue weighted by Crippen LogP contribution is 2.19. The summed E-state index contributed by atoms with van der Waals surface area (Å²) in [4.78, 5) is 38.7. The van der Waals surface area contributed by atoms with Crippen LogP contribution < -0.4 is 10.6 Å². The molecule has 0 unspecified atom stereocenters. The monoisotopic (exact) mass is 439 g/mol. The Morgan fingerprint density at radius 1 is 1.03 bits per heavy atom. The van der Waals surface area contributed by atoms with Crippen molar-refractivity contribution in [2.75, 3.05) is 6.54 Å². The van der Waals surface area contributed by atoms with E-state index in [9.17, 15) is 24.6 Å². The SMILES string of the molecule is O=C(C[C@H](O)CNC(=O)OCc1ccccc1)N[C@@H](Cc1c[nH]c2ccccc12)C(=O)O. The van der Waals surface area contributed by atoms with Crippen LogP contribution in [0.2, 0.25) is 0 Å². The number of alkyl carbamates (subject to hydrolysis) is 1. The molecular formula is C23H25N3O6. The number of H-pyrrole nitrogens is 1. The van der Waals surface area contributed by atoms with Gasteiger partial charge < -0.3 is 30.6 Å². The van der Waals surface area contributed by atoms with Gasteiger partial charge in [0.25, 0.3) is 0 Å². The van der Waals surface area contributed by atoms with Crippen LogP contribution in [0.5, 0.6) is 0 Å². The minimum atomic E-state index is -1.19. The number of aliphatic hydroxyl groups excluding tert-OH is 1. The van der Waals surface area contributed by atoms with E-state index in [0.29, 0.717) is 0 Å². The van der Waals surface area contributed by atoms with E-state index in [4.69, 9.17) is 4.74 Å². The number of aliphatic carboxylic acids is 1. The van der Waals surface area contributed by atoms with Gasteiger partial charge in [0, 0.05) is 30.1 Å². The van der Waals surface area contributed by atoms with Gasteiger partial charge in [0.05, 0.1) is 12.5 Å². The summed E-state index contributed by atoms with van der Waals surface area (Å²) in [7, 11) is 0. The number of para-hydroxylation sites is 1. The van der Waals surface area contributed by atoms with Crippen LogP contribution in [-0.2, 0) is 27.4 Å². The van der Waals surface area contributed by atoms with Crippen LogP contribution in [0.3, 0.4) is 0 Å². The normalized spacial score (nSPS) is 12.7. The third kappa shape index (κ3) is 6.58. The first-order valence-corrected chi connectivity index (χ1v) is 10.1. The Kier molecular flexibility index (Phi) is 7.82. The van der Waals surface area contributed by atoms with Crippen LogP contribution >= 0.6 is 0 Å². The number of carbonyl (C=O) groups excluding carboxylic acids is 2. The highest BCUT2D eigenvalue weighted by atomic mass is 16.5. The number of benzene rings is 2. The van der Waals surface area contributed by atoms with Crippen molar-refractivity contribution in [2.45, 2.75) is 31.6 Å². The topological polar surface area (TPSA) is 141 Å². The maximum Gasteiger partial charge on any atom is 0.407 e. The van der Waals surface area contributed by atoms with Crippen molar-refractivity contribution in [1.29, 1.82) is 0 Å². The molecule has 2 atom stereocenters. The number of carboxylic acids is 1. The largest absolute Gasteiger partial charge is 0.480 e. The van der Waals surface area contributed by atoms with Crippen LogP contribution in [0.1, 0.15) is 17.5 Å². The first-order chi connectivity index (χ1) is 15.4. The second-order valence-electron chi connectivity index (χ2n) is 7.32. The first-order valence-electron chi connectivity index (χ1n) is 10.1. The molecule has 9 heteroatoms. The smallest absolute Gasteiger partial charge is 0.407 e. The molecule has 2 amide bonds. The van der Waals surface area contributed by atoms with Gasteiger partial charge in [0.15, 0.2) is 0 Å². The van der Waals surface area contributed by atoms with Gasteiger partial charge in [-0.05, 0) is 17.2 Å². The predicted molar refractivity (Wildman–Crippen MR) is 117 cm³/mol. The lowest BCUT2D eigenvalue weighted by Crippen LogP contribution is -2.44. The lowest BCUT2D eigenvalue weighted by Gasteiger charge is -2.16. The Morgan fingerprint density at radius 2 is 1.75 bits per heavy atom. The molecule has 0 radical (unpaired) electrons. The lowest BCUT2D eigenvalue weighted by atomic mass is 10.0. The van der Waals surface area contributed by atoms with Crippen LogP contribution in [0, 0.1) is 0 Å². The summed E-state index contributed by atoms with van der Waals surface area (Å²) in [6.45, 7) is -0.126. The summed E-state index contributed by atoms with van der Waals surface area (Å²) in [6.07, 6.45) is -0.480. The molecule has 0 aliphatic rings. The molecule has 0 aliphatic carbocycles. The van der Waals surface area contributed by atoms with Gasteiger partial charge in [0.1, 0.15) is 12.6 Å². The third-order valence-corrected chi connectivity index (χ3v) is 4.85. The van der Waals surface area contributed by atoms with Crippen molar-refractivity contribution in [2.24, 2.45) is 0 Å². The molecule has 0 spiro atoms. The van der Waals surface area contributed by atoms with Gasteiger partial charge >= 0.3 is 12.1 Å². The Hall–Kier alpha value is -3.85. The maximum absolute atomic E-state index is 12.2. The van der Waals surface area contributed by atoms with Crippen molar-refractivity contribution < 1.29 is 29.3 Å². The second-order valence-corrected chi connectivity index (χ2v) is 7.32. The van der Waals surface area contributed by atoms with Crippen LogP contribution in [-0.4, -0.2) is 51.9 Å². The third-order valence-electron chi connectivity index (χ3n) is 4.85. The number of nitrogens with one attached hydrogen (secondary N) is 3. The first kappa shape index (κ1) is 22.8. The number of carboxylic acid groups (broad SMARTS) is 1. The highest BCUT2D eigenvalue weighted by molar-refractivity contribution is 5.86. The molecule has 3 rings (SSSR count). The van der Waals surface area contributed by atoms with E-state index < -0.39 is 30.1 Å². The summed E-state index contributed by atoms with van der Waals surface area (Å²) >= 11 is 0. The van der Waals surface area contributed by atoms with Crippen molar-refractivity contribution in [3.05, 3.63) is 71.9 Å². The zero-order valence-corrected chi connectivity index (χ0v) is 17.3. The number of carbonyl (C=O) groups is 3. The number of aromatic amines is 1. The second kappa shape index (κ2) is 11.0. The number of amides is 2. The zero-order chi connectivity index (χ0) is 22.9. The number of hydrogen-bond donors (Lipinski definition) is 5. The van der Waals surface area contributed by atoms with E-state index in [2.05, 4.69) is 15.6 Å². The standard InChI is InChI=1S/C23H25N3O6/c27-17(13-25-23(31)32-14-15-6-2-1-3-7-15)11-21(28)26-20(22(29)30)10-16-12-24-19-9-5-4-8-18(16)19/h1-9,12,17,20,24,27H,10-11,13-14H2,(H,25,31)(H,26,28)(H,29,30)/t17-,20-/m0/s1. The van der Waals surface area contributed by atoms with Crippen molar-refractivity contribution in [3.63, 3.8) is 0 Å². The van der Waals surface area contributed by atoms with Gasteiger partial charge in [-0.25, -0.2) is 9.59 Å². The highest BCUT2D eigenvalue weighted by Gasteiger charge is 2.23. The molecule has 0 saturated carbocycles. The van der Waals surface area contributed by atoms with E-state index in [0.717, 1.165) is 22.0 Å². The minimum Gasteiger partial charge on any atom is -0.480 e. The molecule has 0 bridgehead atoms. The Bertz CT molecular complexity index is 1070. The van der Waals surface area contributed by atoms with Crippen molar-refractivity contribution in [1.82, 2.24) is 15.6 Å². The van der Waals surface area contributed by atoms with Crippen LogP contribution in [0.4, 0.5) is 4.79 Å². The van der Waals surface area contributed by atoms with Crippen LogP contribution in [0.25, 0.3) is 10.9 Å². The summed E-state index contributed by atoms with van der Waals surface area (Å²) in [6, 6.07) is 15.4. The molecule has 0 saturated heterocycles. The fourth-order valence-corrected chi connectivity index (χ4v) is 3.24. The van der Waals surface area contributed by atoms with E-state index in [1.807, 2.05) is 54.6 Å². The Morgan fingerprint density at radius 3 is 2.50 bits per heavy atom. The number of aromatic nitrogens is 1. The summed E-state index contributed by atoms with van der Waals surface area (Å²) in [5.41, 5.74) is 2.45. The van der Waals surface area contributed by atoms with E-state index in [1.54, 1.807) is 6.20 Å². The van der Waals surface area contributed by atoms with Gasteiger partial charge in [-0.1, -0.05) is 48.5 Å². The quantitative estimate of drug-likeness (QED) is 0.327. The molecule has 3 aromatic rings. The number of aliphatic hydroxyl groups is 1. The molecule has 1 heterocycles. The molecule has 32 heavy (non-hydrogen) atoms. The number of hydrogen-bond acceptors (Lipinski definition) is 5. The van der Waals surface area contributed by atoms with Gasteiger partial charge in [-0.2, -0.15) is 0 Å². The van der Waals surface area contributed by atoms with Gasteiger partial charge in [0.2, 0.25) is 5.91 Å². The summed E-state index contributed by atoms with van der Waals surface area (Å²) < 4.78 is 5.03. The van der Waals surface area contributed by atoms with Crippen molar-refractivity contribution in [3.8, 4) is 0 Å². The van der Waals surface area contributed by atoms with E-state index in [-0.39, 0.29) is 26.0 Å². The minimum absolute atomic E-state index is 0.0807. The molecule has 168 valence electrons. The van der Waals surface area contributed by atoms with E-state index >= 15 is 0 Å². The molecule has 0 aliphatic heterocycles. The number of rotatable bonds is 10. The zero-order valence-electron chi connectivity index (χ0n) is 17.3. The van der Waals surface area contributed by atoms with E-state index in [1.165, 1.54) is 0 Å². The molecular weight excluding hydrogens is 414 g/mol.